The highest BCUT2D eigenvalue weighted by atomic mass is 32.2. The molecular formula is C11H25N3O2S. The fourth-order valence-corrected chi connectivity index (χ4v) is 3.28. The maximum Gasteiger partial charge on any atom is 0.215 e. The lowest BCUT2D eigenvalue weighted by molar-refractivity contribution is 0.342. The highest BCUT2D eigenvalue weighted by Crippen LogP contribution is 2.15. The van der Waals surface area contributed by atoms with Crippen molar-refractivity contribution in [2.24, 2.45) is 5.92 Å². The first-order valence-electron chi connectivity index (χ1n) is 6.35. The van der Waals surface area contributed by atoms with Crippen LogP contribution in [0.1, 0.15) is 20.3 Å². The van der Waals surface area contributed by atoms with Gasteiger partial charge in [0.1, 0.15) is 0 Å². The van der Waals surface area contributed by atoms with Crippen LogP contribution < -0.4 is 10.0 Å². The number of sulfonamides is 1. The van der Waals surface area contributed by atoms with E-state index in [0.29, 0.717) is 19.0 Å². The van der Waals surface area contributed by atoms with E-state index in [0.717, 1.165) is 26.1 Å². The average Bonchev–Trinajstić information content (AvgIpc) is 2.75. The smallest absolute Gasteiger partial charge is 0.215 e. The Kier molecular flexibility index (Phi) is 5.85. The van der Waals surface area contributed by atoms with Crippen LogP contribution in [-0.2, 0) is 10.0 Å². The lowest BCUT2D eigenvalue weighted by atomic mass is 10.1. The second kappa shape index (κ2) is 6.68. The van der Waals surface area contributed by atoms with Crippen LogP contribution in [0.4, 0.5) is 0 Å². The second-order valence-corrected chi connectivity index (χ2v) is 6.99. The van der Waals surface area contributed by atoms with Crippen molar-refractivity contribution in [3.05, 3.63) is 0 Å². The van der Waals surface area contributed by atoms with Gasteiger partial charge in [0.15, 0.2) is 0 Å². The summed E-state index contributed by atoms with van der Waals surface area (Å²) in [5.74, 6) is 0.464. The van der Waals surface area contributed by atoms with Crippen molar-refractivity contribution in [3.8, 4) is 0 Å². The Hall–Kier alpha value is -0.170. The van der Waals surface area contributed by atoms with Crippen molar-refractivity contribution in [1.29, 1.82) is 0 Å². The van der Waals surface area contributed by atoms with Crippen LogP contribution in [-0.4, -0.2) is 58.3 Å². The van der Waals surface area contributed by atoms with Gasteiger partial charge in [-0.05, 0) is 39.4 Å². The largest absolute Gasteiger partial charge is 0.318 e. The number of hydrogen-bond acceptors (Lipinski definition) is 4. The van der Waals surface area contributed by atoms with Gasteiger partial charge >= 0.3 is 0 Å². The third-order valence-electron chi connectivity index (χ3n) is 3.41. The Morgan fingerprint density at radius 1 is 1.47 bits per heavy atom. The van der Waals surface area contributed by atoms with Gasteiger partial charge in [0.05, 0.1) is 5.25 Å². The summed E-state index contributed by atoms with van der Waals surface area (Å²) in [6.45, 7) is 8.09. The quantitative estimate of drug-likeness (QED) is 0.671. The molecule has 1 heterocycles. The summed E-state index contributed by atoms with van der Waals surface area (Å²) in [4.78, 5) is 2.36. The molecule has 0 aromatic carbocycles. The predicted molar refractivity (Wildman–Crippen MR) is 70.5 cm³/mol. The highest BCUT2D eigenvalue weighted by Gasteiger charge is 2.25. The normalized spacial score (nSPS) is 24.1. The van der Waals surface area contributed by atoms with Gasteiger partial charge in [-0.15, -0.1) is 0 Å². The van der Waals surface area contributed by atoms with Crippen LogP contribution in [0, 0.1) is 5.92 Å². The molecule has 2 N–H and O–H groups in total. The summed E-state index contributed by atoms with van der Waals surface area (Å²) in [6, 6.07) is 0. The van der Waals surface area contributed by atoms with Crippen LogP contribution in [0.15, 0.2) is 0 Å². The molecule has 2 unspecified atom stereocenters. The van der Waals surface area contributed by atoms with Gasteiger partial charge in [0.2, 0.25) is 10.0 Å². The van der Waals surface area contributed by atoms with Gasteiger partial charge in [0.25, 0.3) is 0 Å². The molecule has 0 aliphatic carbocycles. The lowest BCUT2D eigenvalue weighted by Crippen LogP contribution is -2.40. The Bertz CT molecular complexity index is 319. The van der Waals surface area contributed by atoms with E-state index < -0.39 is 10.0 Å². The van der Waals surface area contributed by atoms with Gasteiger partial charge < -0.3 is 10.2 Å². The summed E-state index contributed by atoms with van der Waals surface area (Å²) in [7, 11) is -1.40. The molecule has 0 saturated carbocycles. The van der Waals surface area contributed by atoms with Crippen molar-refractivity contribution in [2.75, 3.05) is 39.8 Å². The third-order valence-corrected chi connectivity index (χ3v) is 5.21. The SMILES string of the molecule is CCN1CCC(CNS(=O)(=O)C(C)CNC)C1. The minimum absolute atomic E-state index is 0.379. The summed E-state index contributed by atoms with van der Waals surface area (Å²) < 4.78 is 26.5. The number of rotatable bonds is 7. The standard InChI is InChI=1S/C11H25N3O2S/c1-4-14-6-5-11(9-14)8-13-17(15,16)10(2)7-12-3/h10-13H,4-9H2,1-3H3. The zero-order valence-electron chi connectivity index (χ0n) is 11.1. The molecule has 0 amide bonds. The molecule has 5 nitrogen and oxygen atoms in total. The van der Waals surface area contributed by atoms with E-state index in [2.05, 4.69) is 21.9 Å². The number of hydrogen-bond donors (Lipinski definition) is 2. The maximum absolute atomic E-state index is 11.9. The first-order valence-corrected chi connectivity index (χ1v) is 7.89. The van der Waals surface area contributed by atoms with Crippen molar-refractivity contribution in [1.82, 2.24) is 14.9 Å². The topological polar surface area (TPSA) is 61.4 Å². The number of nitrogens with one attached hydrogen (secondary N) is 2. The summed E-state index contributed by atoms with van der Waals surface area (Å²) in [6.07, 6.45) is 1.09. The summed E-state index contributed by atoms with van der Waals surface area (Å²) in [5, 5.41) is 2.51. The molecule has 1 saturated heterocycles. The Labute approximate surface area is 105 Å². The molecule has 0 aromatic rings. The molecule has 0 aromatic heterocycles. The van der Waals surface area contributed by atoms with Crippen molar-refractivity contribution < 1.29 is 8.42 Å². The summed E-state index contributed by atoms with van der Waals surface area (Å²) >= 11 is 0. The Morgan fingerprint density at radius 3 is 2.71 bits per heavy atom. The van der Waals surface area contributed by atoms with Gasteiger partial charge in [0, 0.05) is 19.6 Å². The van der Waals surface area contributed by atoms with Gasteiger partial charge in [-0.3, -0.25) is 0 Å². The van der Waals surface area contributed by atoms with E-state index in [1.54, 1.807) is 14.0 Å². The third kappa shape index (κ3) is 4.54. The van der Waals surface area contributed by atoms with Crippen molar-refractivity contribution in [2.45, 2.75) is 25.5 Å². The molecule has 0 spiro atoms. The van der Waals surface area contributed by atoms with Gasteiger partial charge in [-0.2, -0.15) is 0 Å². The minimum atomic E-state index is -3.17. The van der Waals surface area contributed by atoms with Crippen LogP contribution in [0.25, 0.3) is 0 Å². The molecule has 17 heavy (non-hydrogen) atoms. The van der Waals surface area contributed by atoms with E-state index in [4.69, 9.17) is 0 Å². The zero-order valence-corrected chi connectivity index (χ0v) is 11.9. The van der Waals surface area contributed by atoms with Crippen LogP contribution in [0.5, 0.6) is 0 Å². The molecule has 6 heteroatoms. The zero-order chi connectivity index (χ0) is 12.9. The molecule has 0 radical (unpaired) electrons. The van der Waals surface area contributed by atoms with E-state index >= 15 is 0 Å². The second-order valence-electron chi connectivity index (χ2n) is 4.81. The predicted octanol–water partition coefficient (Wildman–Crippen LogP) is -0.144. The van der Waals surface area contributed by atoms with Gasteiger partial charge in [-0.1, -0.05) is 6.92 Å². The minimum Gasteiger partial charge on any atom is -0.318 e. The first-order chi connectivity index (χ1) is 7.99. The average molecular weight is 263 g/mol. The molecule has 1 fully saturated rings. The van der Waals surface area contributed by atoms with Crippen LogP contribution in [0.2, 0.25) is 0 Å². The molecular weight excluding hydrogens is 238 g/mol. The molecule has 102 valence electrons. The van der Waals surface area contributed by atoms with E-state index in [9.17, 15) is 8.42 Å². The molecule has 1 aliphatic rings. The van der Waals surface area contributed by atoms with E-state index in [1.807, 2.05) is 0 Å². The molecule has 1 rings (SSSR count). The maximum atomic E-state index is 11.9. The van der Waals surface area contributed by atoms with E-state index in [1.165, 1.54) is 0 Å². The van der Waals surface area contributed by atoms with E-state index in [-0.39, 0.29) is 5.25 Å². The van der Waals surface area contributed by atoms with Crippen LogP contribution >= 0.6 is 0 Å². The van der Waals surface area contributed by atoms with Crippen molar-refractivity contribution >= 4 is 10.0 Å². The fourth-order valence-electron chi connectivity index (χ4n) is 2.14. The van der Waals surface area contributed by atoms with Crippen LogP contribution in [0.3, 0.4) is 0 Å². The highest BCUT2D eigenvalue weighted by molar-refractivity contribution is 7.90. The first kappa shape index (κ1) is 14.9. The monoisotopic (exact) mass is 263 g/mol. The Morgan fingerprint density at radius 2 is 2.18 bits per heavy atom. The van der Waals surface area contributed by atoms with Gasteiger partial charge in [-0.25, -0.2) is 13.1 Å². The molecule has 0 bridgehead atoms. The summed E-state index contributed by atoms with van der Waals surface area (Å²) in [5.41, 5.74) is 0. The Balaban J connectivity index is 2.35. The number of likely N-dealkylation sites (tertiary alicyclic amines) is 1. The lowest BCUT2D eigenvalue weighted by Gasteiger charge is -2.16. The van der Waals surface area contributed by atoms with Crippen molar-refractivity contribution in [3.63, 3.8) is 0 Å². The molecule has 2 atom stereocenters. The fraction of sp³-hybridized carbons (Fsp3) is 1.00. The molecule has 1 aliphatic heterocycles. The number of nitrogens with zero attached hydrogens (tertiary/aromatic N) is 1.